The van der Waals surface area contributed by atoms with Gasteiger partial charge in [0.15, 0.2) is 0 Å². The van der Waals surface area contributed by atoms with Gasteiger partial charge in [-0.3, -0.25) is 4.79 Å². The molecule has 0 aliphatic rings. The standard InChI is InChI=1S/C13H19N3O2/c1-3-16(9-8-12(14)15-18)13(17)11-7-5-4-6-10(11)2/h4-7,18H,3,8-9H2,1-2H3,(H2,14,15). The molecule has 5 nitrogen and oxygen atoms in total. The number of nitrogens with two attached hydrogens (primary N) is 1. The van der Waals surface area contributed by atoms with E-state index in [0.717, 1.165) is 5.56 Å². The number of hydrogen-bond donors (Lipinski definition) is 2. The summed E-state index contributed by atoms with van der Waals surface area (Å²) < 4.78 is 0. The Balaban J connectivity index is 2.77. The van der Waals surface area contributed by atoms with Crippen molar-refractivity contribution in [3.8, 4) is 0 Å². The van der Waals surface area contributed by atoms with E-state index in [1.54, 1.807) is 4.90 Å². The second kappa shape index (κ2) is 6.64. The van der Waals surface area contributed by atoms with E-state index in [9.17, 15) is 4.79 Å². The number of amides is 1. The van der Waals surface area contributed by atoms with Gasteiger partial charge < -0.3 is 15.8 Å². The maximum atomic E-state index is 12.3. The largest absolute Gasteiger partial charge is 0.409 e. The summed E-state index contributed by atoms with van der Waals surface area (Å²) in [5, 5.41) is 11.4. The number of aryl methyl sites for hydroxylation is 1. The predicted molar refractivity (Wildman–Crippen MR) is 70.8 cm³/mol. The number of oxime groups is 1. The van der Waals surface area contributed by atoms with Gasteiger partial charge in [-0.25, -0.2) is 0 Å². The molecule has 0 aromatic heterocycles. The SMILES string of the molecule is CCN(CCC(N)=NO)C(=O)c1ccccc1C. The minimum atomic E-state index is -0.0265. The summed E-state index contributed by atoms with van der Waals surface area (Å²) in [4.78, 5) is 14.0. The van der Waals surface area contributed by atoms with Crippen LogP contribution in [0, 0.1) is 6.92 Å². The van der Waals surface area contributed by atoms with Gasteiger partial charge in [-0.1, -0.05) is 23.4 Å². The maximum Gasteiger partial charge on any atom is 0.254 e. The van der Waals surface area contributed by atoms with Gasteiger partial charge in [0, 0.05) is 25.1 Å². The average molecular weight is 249 g/mol. The number of benzene rings is 1. The Kier molecular flexibility index (Phi) is 5.17. The highest BCUT2D eigenvalue weighted by atomic mass is 16.4. The molecule has 0 fully saturated rings. The van der Waals surface area contributed by atoms with Crippen LogP contribution in [0.4, 0.5) is 0 Å². The third kappa shape index (κ3) is 3.48. The van der Waals surface area contributed by atoms with E-state index in [0.29, 0.717) is 25.1 Å². The van der Waals surface area contributed by atoms with E-state index in [-0.39, 0.29) is 11.7 Å². The zero-order valence-electron chi connectivity index (χ0n) is 10.8. The molecule has 1 aromatic rings. The highest BCUT2D eigenvalue weighted by molar-refractivity contribution is 5.95. The molecule has 0 spiro atoms. The molecule has 0 heterocycles. The zero-order valence-corrected chi connectivity index (χ0v) is 10.8. The van der Waals surface area contributed by atoms with Gasteiger partial charge in [0.1, 0.15) is 5.84 Å². The summed E-state index contributed by atoms with van der Waals surface area (Å²) in [5.74, 6) is 0.104. The van der Waals surface area contributed by atoms with Crippen molar-refractivity contribution in [2.45, 2.75) is 20.3 Å². The quantitative estimate of drug-likeness (QED) is 0.360. The first kappa shape index (κ1) is 14.0. The molecule has 3 N–H and O–H groups in total. The van der Waals surface area contributed by atoms with Gasteiger partial charge in [0.2, 0.25) is 0 Å². The van der Waals surface area contributed by atoms with Crippen molar-refractivity contribution in [3.63, 3.8) is 0 Å². The van der Waals surface area contributed by atoms with Crippen molar-refractivity contribution < 1.29 is 10.0 Å². The fraction of sp³-hybridized carbons (Fsp3) is 0.385. The lowest BCUT2D eigenvalue weighted by Gasteiger charge is -2.21. The molecule has 0 radical (unpaired) electrons. The second-order valence-corrected chi connectivity index (χ2v) is 4.04. The zero-order chi connectivity index (χ0) is 13.5. The van der Waals surface area contributed by atoms with E-state index in [4.69, 9.17) is 10.9 Å². The van der Waals surface area contributed by atoms with E-state index < -0.39 is 0 Å². The molecule has 18 heavy (non-hydrogen) atoms. The first-order chi connectivity index (χ1) is 8.60. The summed E-state index contributed by atoms with van der Waals surface area (Å²) >= 11 is 0. The third-order valence-corrected chi connectivity index (χ3v) is 2.81. The van der Waals surface area contributed by atoms with Crippen molar-refractivity contribution in [1.29, 1.82) is 0 Å². The smallest absolute Gasteiger partial charge is 0.254 e. The monoisotopic (exact) mass is 249 g/mol. The van der Waals surface area contributed by atoms with Crippen LogP contribution in [0.3, 0.4) is 0 Å². The van der Waals surface area contributed by atoms with Crippen LogP contribution in [0.15, 0.2) is 29.4 Å². The Bertz CT molecular complexity index is 444. The normalized spacial score (nSPS) is 11.3. The number of nitrogens with zero attached hydrogens (tertiary/aromatic N) is 2. The lowest BCUT2D eigenvalue weighted by molar-refractivity contribution is 0.0767. The first-order valence-corrected chi connectivity index (χ1v) is 5.91. The lowest BCUT2D eigenvalue weighted by atomic mass is 10.1. The minimum absolute atomic E-state index is 0.0265. The second-order valence-electron chi connectivity index (χ2n) is 4.04. The van der Waals surface area contributed by atoms with E-state index in [1.807, 2.05) is 38.1 Å². The maximum absolute atomic E-state index is 12.3. The molecule has 1 rings (SSSR count). The van der Waals surface area contributed by atoms with E-state index >= 15 is 0 Å². The van der Waals surface area contributed by atoms with Gasteiger partial charge in [0.05, 0.1) is 0 Å². The van der Waals surface area contributed by atoms with Gasteiger partial charge >= 0.3 is 0 Å². The fourth-order valence-corrected chi connectivity index (χ4v) is 1.69. The molecule has 0 unspecified atom stereocenters. The average Bonchev–Trinajstić information content (AvgIpc) is 2.39. The molecule has 0 atom stereocenters. The topological polar surface area (TPSA) is 78.9 Å². The van der Waals surface area contributed by atoms with Crippen LogP contribution in [-0.4, -0.2) is 34.9 Å². The van der Waals surface area contributed by atoms with E-state index in [2.05, 4.69) is 5.16 Å². The van der Waals surface area contributed by atoms with Crippen molar-refractivity contribution in [3.05, 3.63) is 35.4 Å². The number of carbonyl (C=O) groups excluding carboxylic acids is 1. The predicted octanol–water partition coefficient (Wildman–Crippen LogP) is 1.59. The number of carbonyl (C=O) groups is 1. The van der Waals surface area contributed by atoms with Gasteiger partial charge in [-0.2, -0.15) is 0 Å². The molecule has 0 bridgehead atoms. The Labute approximate surface area is 107 Å². The molecule has 5 heteroatoms. The van der Waals surface area contributed by atoms with Crippen LogP contribution < -0.4 is 5.73 Å². The molecule has 0 saturated carbocycles. The molecule has 0 saturated heterocycles. The van der Waals surface area contributed by atoms with Crippen molar-refractivity contribution >= 4 is 11.7 Å². The summed E-state index contributed by atoms with van der Waals surface area (Å²) in [5.41, 5.74) is 7.05. The molecule has 1 amide bonds. The molecular formula is C13H19N3O2. The summed E-state index contributed by atoms with van der Waals surface area (Å²) in [6.07, 6.45) is 0.363. The van der Waals surface area contributed by atoms with Crippen LogP contribution in [-0.2, 0) is 0 Å². The molecule has 0 aliphatic carbocycles. The molecular weight excluding hydrogens is 230 g/mol. The Morgan fingerprint density at radius 2 is 2.11 bits per heavy atom. The van der Waals surface area contributed by atoms with E-state index in [1.165, 1.54) is 0 Å². The lowest BCUT2D eigenvalue weighted by Crippen LogP contribution is -2.34. The first-order valence-electron chi connectivity index (χ1n) is 5.91. The van der Waals surface area contributed by atoms with Crippen LogP contribution in [0.1, 0.15) is 29.3 Å². The summed E-state index contributed by atoms with van der Waals surface area (Å²) in [6, 6.07) is 7.46. The van der Waals surface area contributed by atoms with Crippen LogP contribution in [0.5, 0.6) is 0 Å². The van der Waals surface area contributed by atoms with Crippen molar-refractivity contribution in [2.75, 3.05) is 13.1 Å². The van der Waals surface area contributed by atoms with Gasteiger partial charge in [-0.05, 0) is 25.5 Å². The Hall–Kier alpha value is -2.04. The van der Waals surface area contributed by atoms with Crippen molar-refractivity contribution in [2.24, 2.45) is 10.9 Å². The number of amidine groups is 1. The van der Waals surface area contributed by atoms with Crippen molar-refractivity contribution in [1.82, 2.24) is 4.90 Å². The summed E-state index contributed by atoms with van der Waals surface area (Å²) in [7, 11) is 0. The van der Waals surface area contributed by atoms with Gasteiger partial charge in [-0.15, -0.1) is 0 Å². The molecule has 98 valence electrons. The molecule has 0 aliphatic heterocycles. The number of hydrogen-bond acceptors (Lipinski definition) is 3. The highest BCUT2D eigenvalue weighted by Gasteiger charge is 2.15. The van der Waals surface area contributed by atoms with Crippen LogP contribution in [0.2, 0.25) is 0 Å². The fourth-order valence-electron chi connectivity index (χ4n) is 1.69. The van der Waals surface area contributed by atoms with Gasteiger partial charge in [0.25, 0.3) is 5.91 Å². The highest BCUT2D eigenvalue weighted by Crippen LogP contribution is 2.10. The Morgan fingerprint density at radius 1 is 1.44 bits per heavy atom. The Morgan fingerprint density at radius 3 is 2.67 bits per heavy atom. The third-order valence-electron chi connectivity index (χ3n) is 2.81. The minimum Gasteiger partial charge on any atom is -0.409 e. The van der Waals surface area contributed by atoms with Crippen LogP contribution in [0.25, 0.3) is 0 Å². The van der Waals surface area contributed by atoms with Crippen LogP contribution >= 0.6 is 0 Å². The number of rotatable bonds is 5. The molecule has 1 aromatic carbocycles. The summed E-state index contributed by atoms with van der Waals surface area (Å²) in [6.45, 7) is 4.85.